The summed E-state index contributed by atoms with van der Waals surface area (Å²) >= 11 is 0. The van der Waals surface area contributed by atoms with Crippen molar-refractivity contribution in [1.82, 2.24) is 9.97 Å². The van der Waals surface area contributed by atoms with Crippen molar-refractivity contribution >= 4 is 11.5 Å². The molecular formula is C13H20N4O2. The van der Waals surface area contributed by atoms with E-state index in [0.29, 0.717) is 30.4 Å². The summed E-state index contributed by atoms with van der Waals surface area (Å²) < 4.78 is 11.4. The quantitative estimate of drug-likeness (QED) is 0.881. The topological polar surface area (TPSA) is 73.5 Å². The largest absolute Gasteiger partial charge is 0.476 e. The number of nitrogen functional groups attached to an aromatic ring is 1. The number of hydrogen-bond donors (Lipinski definition) is 1. The van der Waals surface area contributed by atoms with Gasteiger partial charge in [-0.05, 0) is 19.3 Å². The van der Waals surface area contributed by atoms with Crippen LogP contribution < -0.4 is 15.4 Å². The number of anilines is 2. The summed E-state index contributed by atoms with van der Waals surface area (Å²) in [6.07, 6.45) is 5.34. The van der Waals surface area contributed by atoms with Gasteiger partial charge >= 0.3 is 0 Å². The molecule has 0 spiro atoms. The Morgan fingerprint density at radius 3 is 2.79 bits per heavy atom. The normalized spacial score (nSPS) is 25.6. The van der Waals surface area contributed by atoms with E-state index in [-0.39, 0.29) is 0 Å². The highest BCUT2D eigenvalue weighted by Gasteiger charge is 2.35. The molecule has 2 bridgehead atoms. The van der Waals surface area contributed by atoms with E-state index in [9.17, 15) is 0 Å². The molecule has 6 heteroatoms. The summed E-state index contributed by atoms with van der Waals surface area (Å²) in [4.78, 5) is 10.6. The maximum atomic E-state index is 6.13. The highest BCUT2D eigenvalue weighted by atomic mass is 16.5. The van der Waals surface area contributed by atoms with Crippen LogP contribution in [0.15, 0.2) is 6.33 Å². The Balaban J connectivity index is 1.80. The van der Waals surface area contributed by atoms with Crippen LogP contribution in [0, 0.1) is 0 Å². The van der Waals surface area contributed by atoms with Gasteiger partial charge in [0, 0.05) is 13.1 Å². The predicted molar refractivity (Wildman–Crippen MR) is 72.3 cm³/mol. The van der Waals surface area contributed by atoms with E-state index in [4.69, 9.17) is 15.2 Å². The predicted octanol–water partition coefficient (Wildman–Crippen LogP) is 1.22. The lowest BCUT2D eigenvalue weighted by Gasteiger charge is -2.33. The minimum Gasteiger partial charge on any atom is -0.476 e. The molecule has 104 valence electrons. The van der Waals surface area contributed by atoms with Gasteiger partial charge in [0.1, 0.15) is 12.0 Å². The van der Waals surface area contributed by atoms with Gasteiger partial charge in [-0.25, -0.2) is 4.98 Å². The van der Waals surface area contributed by atoms with E-state index in [2.05, 4.69) is 21.8 Å². The van der Waals surface area contributed by atoms with Crippen molar-refractivity contribution in [3.63, 3.8) is 0 Å². The maximum absolute atomic E-state index is 6.13. The van der Waals surface area contributed by atoms with Crippen LogP contribution in [0.2, 0.25) is 0 Å². The molecule has 2 fully saturated rings. The Morgan fingerprint density at radius 1 is 1.37 bits per heavy atom. The van der Waals surface area contributed by atoms with Crippen LogP contribution in [0.25, 0.3) is 0 Å². The fourth-order valence-corrected chi connectivity index (χ4v) is 2.72. The number of aromatic nitrogens is 2. The number of morpholine rings is 1. The first-order valence-electron chi connectivity index (χ1n) is 6.91. The minimum atomic E-state index is 0.313. The Kier molecular flexibility index (Phi) is 3.42. The number of rotatable bonds is 4. The Labute approximate surface area is 112 Å². The molecule has 0 saturated carbocycles. The number of fused-ring (bicyclic) bond motifs is 2. The summed E-state index contributed by atoms with van der Waals surface area (Å²) in [6, 6.07) is 0. The molecule has 1 aromatic rings. The van der Waals surface area contributed by atoms with Crippen molar-refractivity contribution in [2.24, 2.45) is 0 Å². The summed E-state index contributed by atoms with van der Waals surface area (Å²) in [6.45, 7) is 4.38. The molecule has 6 nitrogen and oxygen atoms in total. The first kappa shape index (κ1) is 12.5. The molecule has 2 N–H and O–H groups in total. The van der Waals surface area contributed by atoms with Crippen LogP contribution in [-0.4, -0.2) is 41.9 Å². The van der Waals surface area contributed by atoms with E-state index < -0.39 is 0 Å². The van der Waals surface area contributed by atoms with Crippen LogP contribution >= 0.6 is 0 Å². The van der Waals surface area contributed by atoms with Crippen LogP contribution in [0.4, 0.5) is 11.5 Å². The molecular weight excluding hydrogens is 244 g/mol. The Bertz CT molecular complexity index is 442. The highest BCUT2D eigenvalue weighted by Crippen LogP contribution is 2.33. The van der Waals surface area contributed by atoms with Gasteiger partial charge in [-0.1, -0.05) is 6.92 Å². The molecule has 0 radical (unpaired) electrons. The molecule has 0 aliphatic carbocycles. The third-order valence-corrected chi connectivity index (χ3v) is 3.61. The van der Waals surface area contributed by atoms with Gasteiger partial charge in [0.05, 0.1) is 18.8 Å². The third-order valence-electron chi connectivity index (χ3n) is 3.61. The first-order chi connectivity index (χ1) is 9.28. The van der Waals surface area contributed by atoms with Crippen molar-refractivity contribution < 1.29 is 9.47 Å². The second-order valence-corrected chi connectivity index (χ2v) is 5.13. The molecule has 2 saturated heterocycles. The molecule has 0 amide bonds. The van der Waals surface area contributed by atoms with Gasteiger partial charge in [0.25, 0.3) is 0 Å². The zero-order valence-electron chi connectivity index (χ0n) is 11.2. The molecule has 2 aliphatic heterocycles. The zero-order valence-corrected chi connectivity index (χ0v) is 11.2. The molecule has 3 heterocycles. The van der Waals surface area contributed by atoms with Crippen molar-refractivity contribution in [3.8, 4) is 5.88 Å². The van der Waals surface area contributed by atoms with Crippen LogP contribution in [0.5, 0.6) is 5.88 Å². The first-order valence-corrected chi connectivity index (χ1v) is 6.91. The molecule has 19 heavy (non-hydrogen) atoms. The molecule has 2 atom stereocenters. The fraction of sp³-hybridized carbons (Fsp3) is 0.692. The second-order valence-electron chi connectivity index (χ2n) is 5.13. The molecule has 1 aromatic heterocycles. The minimum absolute atomic E-state index is 0.313. The van der Waals surface area contributed by atoms with Gasteiger partial charge in [-0.2, -0.15) is 4.98 Å². The SMILES string of the molecule is CCCOc1ncnc(N2CC3CCC(C2)O3)c1N. The van der Waals surface area contributed by atoms with Crippen molar-refractivity contribution in [1.29, 1.82) is 0 Å². The summed E-state index contributed by atoms with van der Waals surface area (Å²) in [5, 5.41) is 0. The van der Waals surface area contributed by atoms with Gasteiger partial charge in [-0.15, -0.1) is 0 Å². The lowest BCUT2D eigenvalue weighted by atomic mass is 10.2. The lowest BCUT2D eigenvalue weighted by Crippen LogP contribution is -2.43. The van der Waals surface area contributed by atoms with Crippen LogP contribution in [0.1, 0.15) is 26.2 Å². The smallest absolute Gasteiger partial charge is 0.242 e. The average molecular weight is 264 g/mol. The van der Waals surface area contributed by atoms with Crippen molar-refractivity contribution in [2.75, 3.05) is 30.3 Å². The summed E-state index contributed by atoms with van der Waals surface area (Å²) in [5.74, 6) is 1.27. The standard InChI is InChI=1S/C13H20N4O2/c1-2-5-18-13-11(14)12(15-8-16-13)17-6-9-3-4-10(7-17)19-9/h8-10H,2-7,14H2,1H3. The molecule has 2 aliphatic rings. The van der Waals surface area contributed by atoms with Gasteiger partial charge < -0.3 is 20.1 Å². The van der Waals surface area contributed by atoms with Gasteiger partial charge in [-0.3, -0.25) is 0 Å². The average Bonchev–Trinajstić information content (AvgIpc) is 2.76. The van der Waals surface area contributed by atoms with E-state index in [0.717, 1.165) is 38.2 Å². The zero-order chi connectivity index (χ0) is 13.2. The number of hydrogen-bond acceptors (Lipinski definition) is 6. The number of nitrogens with two attached hydrogens (primary N) is 1. The monoisotopic (exact) mass is 264 g/mol. The molecule has 2 unspecified atom stereocenters. The van der Waals surface area contributed by atoms with E-state index in [1.54, 1.807) is 0 Å². The highest BCUT2D eigenvalue weighted by molar-refractivity contribution is 5.68. The van der Waals surface area contributed by atoms with Crippen LogP contribution in [-0.2, 0) is 4.74 Å². The van der Waals surface area contributed by atoms with E-state index in [1.807, 2.05) is 0 Å². The Morgan fingerprint density at radius 2 is 2.11 bits per heavy atom. The number of ether oxygens (including phenoxy) is 2. The molecule has 0 aromatic carbocycles. The van der Waals surface area contributed by atoms with Crippen LogP contribution in [0.3, 0.4) is 0 Å². The van der Waals surface area contributed by atoms with Crippen molar-refractivity contribution in [2.45, 2.75) is 38.4 Å². The summed E-state index contributed by atoms with van der Waals surface area (Å²) in [5.41, 5.74) is 6.67. The van der Waals surface area contributed by atoms with E-state index >= 15 is 0 Å². The van der Waals surface area contributed by atoms with Gasteiger partial charge in [0.2, 0.25) is 5.88 Å². The number of nitrogens with zero attached hydrogens (tertiary/aromatic N) is 3. The lowest BCUT2D eigenvalue weighted by molar-refractivity contribution is 0.0302. The Hall–Kier alpha value is -1.56. The van der Waals surface area contributed by atoms with Crippen molar-refractivity contribution in [3.05, 3.63) is 6.33 Å². The maximum Gasteiger partial charge on any atom is 0.242 e. The summed E-state index contributed by atoms with van der Waals surface area (Å²) in [7, 11) is 0. The van der Waals surface area contributed by atoms with E-state index in [1.165, 1.54) is 6.33 Å². The second kappa shape index (κ2) is 5.21. The third kappa shape index (κ3) is 2.45. The van der Waals surface area contributed by atoms with Gasteiger partial charge in [0.15, 0.2) is 5.82 Å². The fourth-order valence-electron chi connectivity index (χ4n) is 2.72. The molecule has 3 rings (SSSR count).